The van der Waals surface area contributed by atoms with Crippen LogP contribution in [0.25, 0.3) is 0 Å². The van der Waals surface area contributed by atoms with Crippen LogP contribution in [0.5, 0.6) is 0 Å². The fourth-order valence-corrected chi connectivity index (χ4v) is 3.21. The lowest BCUT2D eigenvalue weighted by atomic mass is 9.99. The van der Waals surface area contributed by atoms with Crippen molar-refractivity contribution in [2.24, 2.45) is 11.8 Å². The van der Waals surface area contributed by atoms with Crippen LogP contribution in [-0.2, 0) is 0 Å². The minimum absolute atomic E-state index is 0.143. The van der Waals surface area contributed by atoms with Crippen LogP contribution < -0.4 is 15.5 Å². The predicted molar refractivity (Wildman–Crippen MR) is 113 cm³/mol. The first-order valence-electron chi connectivity index (χ1n) is 9.86. The molecular weight excluding hydrogens is 336 g/mol. The molecule has 2 N–H and O–H groups in total. The van der Waals surface area contributed by atoms with Gasteiger partial charge < -0.3 is 15.5 Å². The van der Waals surface area contributed by atoms with Gasteiger partial charge in [-0.25, -0.2) is 0 Å². The monoisotopic (exact) mass is 366 g/mol. The van der Waals surface area contributed by atoms with Gasteiger partial charge in [0.05, 0.1) is 11.3 Å². The Morgan fingerprint density at radius 1 is 1.15 bits per heavy atom. The molecule has 0 atom stereocenters. The van der Waals surface area contributed by atoms with Crippen LogP contribution in [0.1, 0.15) is 44.0 Å². The molecule has 1 aromatic heterocycles. The van der Waals surface area contributed by atoms with Crippen LogP contribution in [0.15, 0.2) is 42.7 Å². The Hall–Kier alpha value is -2.56. The van der Waals surface area contributed by atoms with E-state index in [1.165, 1.54) is 18.5 Å². The van der Waals surface area contributed by atoms with Gasteiger partial charge in [0.2, 0.25) is 0 Å². The van der Waals surface area contributed by atoms with Crippen molar-refractivity contribution in [1.29, 1.82) is 0 Å². The number of anilines is 3. The number of rotatable bonds is 6. The lowest BCUT2D eigenvalue weighted by molar-refractivity contribution is 0.102. The van der Waals surface area contributed by atoms with Crippen LogP contribution in [0.4, 0.5) is 17.1 Å². The van der Waals surface area contributed by atoms with Gasteiger partial charge in [0.15, 0.2) is 0 Å². The molecule has 144 valence electrons. The van der Waals surface area contributed by atoms with Crippen molar-refractivity contribution >= 4 is 23.0 Å². The van der Waals surface area contributed by atoms with Gasteiger partial charge in [-0.1, -0.05) is 20.8 Å². The maximum Gasteiger partial charge on any atom is 0.257 e. The highest BCUT2D eigenvalue weighted by Gasteiger charge is 2.16. The molecule has 1 saturated heterocycles. The van der Waals surface area contributed by atoms with Crippen LogP contribution in [-0.4, -0.2) is 30.5 Å². The summed E-state index contributed by atoms with van der Waals surface area (Å²) in [4.78, 5) is 19.1. The summed E-state index contributed by atoms with van der Waals surface area (Å²) in [5, 5.41) is 6.26. The highest BCUT2D eigenvalue weighted by atomic mass is 16.1. The fourth-order valence-electron chi connectivity index (χ4n) is 3.21. The zero-order valence-electron chi connectivity index (χ0n) is 16.5. The Kier molecular flexibility index (Phi) is 6.32. The summed E-state index contributed by atoms with van der Waals surface area (Å²) in [6.07, 6.45) is 5.83. The van der Waals surface area contributed by atoms with E-state index in [4.69, 9.17) is 0 Å². The molecule has 0 bridgehead atoms. The lowest BCUT2D eigenvalue weighted by Crippen LogP contribution is -2.32. The topological polar surface area (TPSA) is 57.3 Å². The minimum Gasteiger partial charge on any atom is -0.384 e. The molecule has 1 amide bonds. The fraction of sp³-hybridized carbons (Fsp3) is 0.455. The van der Waals surface area contributed by atoms with Gasteiger partial charge in [-0.2, -0.15) is 0 Å². The first kappa shape index (κ1) is 19.2. The second-order valence-electron chi connectivity index (χ2n) is 7.91. The lowest BCUT2D eigenvalue weighted by Gasteiger charge is -2.32. The summed E-state index contributed by atoms with van der Waals surface area (Å²) in [5.41, 5.74) is 3.44. The number of carbonyl (C=O) groups is 1. The van der Waals surface area contributed by atoms with Gasteiger partial charge >= 0.3 is 0 Å². The van der Waals surface area contributed by atoms with Crippen molar-refractivity contribution in [2.45, 2.75) is 33.6 Å². The van der Waals surface area contributed by atoms with E-state index in [0.717, 1.165) is 36.9 Å². The number of carbonyl (C=O) groups excluding carboxylic acids is 1. The Labute approximate surface area is 162 Å². The van der Waals surface area contributed by atoms with Gasteiger partial charge in [0.25, 0.3) is 5.91 Å². The Morgan fingerprint density at radius 2 is 1.85 bits per heavy atom. The van der Waals surface area contributed by atoms with Crippen molar-refractivity contribution in [3.05, 3.63) is 48.3 Å². The maximum absolute atomic E-state index is 12.5. The molecule has 1 aliphatic heterocycles. The average Bonchev–Trinajstić information content (AvgIpc) is 2.68. The Morgan fingerprint density at radius 3 is 2.52 bits per heavy atom. The van der Waals surface area contributed by atoms with Gasteiger partial charge in [0, 0.05) is 43.4 Å². The third-order valence-corrected chi connectivity index (χ3v) is 4.99. The second kappa shape index (κ2) is 8.89. The first-order chi connectivity index (χ1) is 13.0. The number of aromatic nitrogens is 1. The van der Waals surface area contributed by atoms with Crippen molar-refractivity contribution in [2.75, 3.05) is 35.2 Å². The van der Waals surface area contributed by atoms with Crippen LogP contribution >= 0.6 is 0 Å². The van der Waals surface area contributed by atoms with Crippen molar-refractivity contribution in [3.8, 4) is 0 Å². The minimum atomic E-state index is -0.143. The smallest absolute Gasteiger partial charge is 0.257 e. The molecule has 5 nitrogen and oxygen atoms in total. The van der Waals surface area contributed by atoms with E-state index in [1.54, 1.807) is 12.4 Å². The van der Waals surface area contributed by atoms with E-state index >= 15 is 0 Å². The molecule has 0 saturated carbocycles. The number of piperidine rings is 1. The summed E-state index contributed by atoms with van der Waals surface area (Å²) in [6.45, 7) is 9.67. The number of nitrogens with zero attached hydrogens (tertiary/aromatic N) is 2. The molecule has 0 aliphatic carbocycles. The van der Waals surface area contributed by atoms with Crippen molar-refractivity contribution in [3.63, 3.8) is 0 Å². The van der Waals surface area contributed by atoms with Crippen LogP contribution in [0, 0.1) is 11.8 Å². The summed E-state index contributed by atoms with van der Waals surface area (Å²) in [7, 11) is 0. The number of amides is 1. The molecule has 2 aromatic rings. The highest BCUT2D eigenvalue weighted by Crippen LogP contribution is 2.24. The molecule has 5 heteroatoms. The molecule has 1 aliphatic rings. The average molecular weight is 367 g/mol. The van der Waals surface area contributed by atoms with Gasteiger partial charge in [0.1, 0.15) is 0 Å². The zero-order chi connectivity index (χ0) is 19.2. The number of hydrogen-bond donors (Lipinski definition) is 2. The summed E-state index contributed by atoms with van der Waals surface area (Å²) < 4.78 is 0. The summed E-state index contributed by atoms with van der Waals surface area (Å²) in [5.74, 6) is 1.21. The normalized spacial score (nSPS) is 15.0. The number of nitrogens with one attached hydrogen (secondary N) is 2. The van der Waals surface area contributed by atoms with E-state index in [-0.39, 0.29) is 5.91 Å². The molecule has 3 rings (SSSR count). The third kappa shape index (κ3) is 5.46. The maximum atomic E-state index is 12.5. The van der Waals surface area contributed by atoms with Crippen molar-refractivity contribution < 1.29 is 4.79 Å². The summed E-state index contributed by atoms with van der Waals surface area (Å²) in [6, 6.07) is 9.96. The number of benzene rings is 1. The number of hydrogen-bond acceptors (Lipinski definition) is 4. The van der Waals surface area contributed by atoms with E-state index < -0.39 is 0 Å². The largest absolute Gasteiger partial charge is 0.384 e. The Balaban J connectivity index is 1.60. The molecule has 27 heavy (non-hydrogen) atoms. The van der Waals surface area contributed by atoms with Gasteiger partial charge in [-0.3, -0.25) is 9.78 Å². The SMILES string of the molecule is CC(C)CNc1cncc(C(=O)Nc2ccc(N3CCC(C)CC3)cc2)c1. The second-order valence-corrected chi connectivity index (χ2v) is 7.91. The van der Waals surface area contributed by atoms with Gasteiger partial charge in [-0.15, -0.1) is 0 Å². The van der Waals surface area contributed by atoms with Crippen LogP contribution in [0.3, 0.4) is 0 Å². The highest BCUT2D eigenvalue weighted by molar-refractivity contribution is 6.04. The molecule has 1 fully saturated rings. The predicted octanol–water partition coefficient (Wildman–Crippen LogP) is 4.64. The standard InChI is InChI=1S/C22H30N4O/c1-16(2)13-24-20-12-18(14-23-15-20)22(27)25-19-4-6-21(7-5-19)26-10-8-17(3)9-11-26/h4-7,12,14-17,24H,8-11,13H2,1-3H3,(H,25,27). The summed E-state index contributed by atoms with van der Waals surface area (Å²) >= 11 is 0. The molecule has 0 unspecified atom stereocenters. The molecule has 2 heterocycles. The van der Waals surface area contributed by atoms with E-state index in [1.807, 2.05) is 18.2 Å². The first-order valence-corrected chi connectivity index (χ1v) is 9.86. The van der Waals surface area contributed by atoms with Crippen molar-refractivity contribution in [1.82, 2.24) is 4.98 Å². The van der Waals surface area contributed by atoms with E-state index in [0.29, 0.717) is 11.5 Å². The van der Waals surface area contributed by atoms with Gasteiger partial charge in [-0.05, 0) is 55.0 Å². The van der Waals surface area contributed by atoms with Crippen LogP contribution in [0.2, 0.25) is 0 Å². The zero-order valence-corrected chi connectivity index (χ0v) is 16.5. The number of pyridine rings is 1. The third-order valence-electron chi connectivity index (χ3n) is 4.99. The molecule has 0 radical (unpaired) electrons. The molecule has 0 spiro atoms. The Bertz CT molecular complexity index is 749. The molecule has 1 aromatic carbocycles. The quantitative estimate of drug-likeness (QED) is 0.782. The van der Waals surface area contributed by atoms with E-state index in [9.17, 15) is 4.79 Å². The van der Waals surface area contributed by atoms with E-state index in [2.05, 4.69) is 53.4 Å². The molecular formula is C22H30N4O.